The molecule has 1 aliphatic rings. The predicted octanol–water partition coefficient (Wildman–Crippen LogP) is 1.23. The van der Waals surface area contributed by atoms with Crippen molar-refractivity contribution in [2.24, 2.45) is 17.6 Å². The highest BCUT2D eigenvalue weighted by atomic mass is 16.2. The largest absolute Gasteiger partial charge is 0.341 e. The van der Waals surface area contributed by atoms with Gasteiger partial charge in [0.05, 0.1) is 0 Å². The highest BCUT2D eigenvalue weighted by molar-refractivity contribution is 5.81. The van der Waals surface area contributed by atoms with E-state index in [-0.39, 0.29) is 0 Å². The van der Waals surface area contributed by atoms with Gasteiger partial charge in [-0.1, -0.05) is 20.3 Å². The lowest BCUT2D eigenvalue weighted by atomic mass is 10.2. The third-order valence-electron chi connectivity index (χ3n) is 2.92. The Morgan fingerprint density at radius 1 is 1.50 bits per heavy atom. The molecule has 1 amide bonds. The summed E-state index contributed by atoms with van der Waals surface area (Å²) in [7, 11) is 0. The fourth-order valence-corrected chi connectivity index (χ4v) is 1.74. The molecule has 0 aromatic carbocycles. The molecule has 1 saturated carbocycles. The maximum atomic E-state index is 11.9. The maximum absolute atomic E-state index is 11.9. The SMILES string of the molecule is CCCCN(CCN)C(=O)C1CC1C. The number of amides is 1. The highest BCUT2D eigenvalue weighted by Gasteiger charge is 2.41. The smallest absolute Gasteiger partial charge is 0.226 e. The van der Waals surface area contributed by atoms with Gasteiger partial charge in [0.2, 0.25) is 5.91 Å². The summed E-state index contributed by atoms with van der Waals surface area (Å²) in [5, 5.41) is 0. The van der Waals surface area contributed by atoms with Gasteiger partial charge in [-0.3, -0.25) is 4.79 Å². The topological polar surface area (TPSA) is 46.3 Å². The van der Waals surface area contributed by atoms with E-state index in [0.717, 1.165) is 32.4 Å². The zero-order valence-electron chi connectivity index (χ0n) is 9.33. The van der Waals surface area contributed by atoms with Crippen molar-refractivity contribution in [1.29, 1.82) is 0 Å². The molecule has 0 spiro atoms. The standard InChI is InChI=1S/C11H22N2O/c1-3-4-6-13(7-5-12)11(14)10-8-9(10)2/h9-10H,3-8,12H2,1-2H3. The van der Waals surface area contributed by atoms with E-state index in [9.17, 15) is 4.79 Å². The van der Waals surface area contributed by atoms with Gasteiger partial charge in [-0.15, -0.1) is 0 Å². The van der Waals surface area contributed by atoms with Gasteiger partial charge in [0.1, 0.15) is 0 Å². The van der Waals surface area contributed by atoms with E-state index in [0.29, 0.717) is 24.3 Å². The minimum absolute atomic E-state index is 0.304. The summed E-state index contributed by atoms with van der Waals surface area (Å²) in [6.07, 6.45) is 3.30. The molecule has 0 heterocycles. The molecule has 82 valence electrons. The molecule has 0 aliphatic heterocycles. The van der Waals surface area contributed by atoms with Crippen molar-refractivity contribution >= 4 is 5.91 Å². The van der Waals surface area contributed by atoms with Gasteiger partial charge in [-0.2, -0.15) is 0 Å². The summed E-state index contributed by atoms with van der Waals surface area (Å²) in [6, 6.07) is 0. The second kappa shape index (κ2) is 5.35. The Bertz CT molecular complexity index is 194. The minimum atomic E-state index is 0.304. The molecule has 14 heavy (non-hydrogen) atoms. The van der Waals surface area contributed by atoms with Crippen molar-refractivity contribution in [3.05, 3.63) is 0 Å². The van der Waals surface area contributed by atoms with Crippen LogP contribution in [0.15, 0.2) is 0 Å². The Kier molecular flexibility index (Phi) is 4.39. The summed E-state index contributed by atoms with van der Waals surface area (Å²) in [4.78, 5) is 13.8. The van der Waals surface area contributed by atoms with Crippen molar-refractivity contribution in [3.8, 4) is 0 Å². The molecule has 0 aromatic rings. The van der Waals surface area contributed by atoms with Crippen LogP contribution in [0, 0.1) is 11.8 Å². The number of hydrogen-bond donors (Lipinski definition) is 1. The monoisotopic (exact) mass is 198 g/mol. The van der Waals surface area contributed by atoms with Crippen LogP contribution in [0.4, 0.5) is 0 Å². The van der Waals surface area contributed by atoms with Crippen molar-refractivity contribution in [2.45, 2.75) is 33.1 Å². The van der Waals surface area contributed by atoms with Gasteiger partial charge in [-0.25, -0.2) is 0 Å². The Morgan fingerprint density at radius 2 is 2.14 bits per heavy atom. The Labute approximate surface area is 86.6 Å². The van der Waals surface area contributed by atoms with Gasteiger partial charge in [0.25, 0.3) is 0 Å². The van der Waals surface area contributed by atoms with Crippen molar-refractivity contribution in [2.75, 3.05) is 19.6 Å². The van der Waals surface area contributed by atoms with Crippen LogP contribution in [-0.4, -0.2) is 30.4 Å². The van der Waals surface area contributed by atoms with E-state index >= 15 is 0 Å². The Hall–Kier alpha value is -0.570. The first kappa shape index (κ1) is 11.5. The summed E-state index contributed by atoms with van der Waals surface area (Å²) in [5.41, 5.74) is 5.50. The zero-order chi connectivity index (χ0) is 10.6. The first-order chi connectivity index (χ1) is 6.70. The number of rotatable bonds is 6. The van der Waals surface area contributed by atoms with E-state index in [1.807, 2.05) is 4.90 Å². The molecule has 1 rings (SSSR count). The molecule has 0 aromatic heterocycles. The quantitative estimate of drug-likeness (QED) is 0.697. The third-order valence-corrected chi connectivity index (χ3v) is 2.92. The van der Waals surface area contributed by atoms with Crippen LogP contribution in [-0.2, 0) is 4.79 Å². The number of nitrogens with zero attached hydrogens (tertiary/aromatic N) is 1. The number of hydrogen-bond acceptors (Lipinski definition) is 2. The number of carbonyl (C=O) groups is 1. The summed E-state index contributed by atoms with van der Waals surface area (Å²) in [6.45, 7) is 6.47. The maximum Gasteiger partial charge on any atom is 0.226 e. The lowest BCUT2D eigenvalue weighted by Gasteiger charge is -2.21. The van der Waals surface area contributed by atoms with E-state index in [2.05, 4.69) is 13.8 Å². The fraction of sp³-hybridized carbons (Fsp3) is 0.909. The molecular weight excluding hydrogens is 176 g/mol. The average molecular weight is 198 g/mol. The molecule has 2 N–H and O–H groups in total. The van der Waals surface area contributed by atoms with Gasteiger partial charge in [-0.05, 0) is 18.8 Å². The van der Waals surface area contributed by atoms with Crippen LogP contribution < -0.4 is 5.73 Å². The lowest BCUT2D eigenvalue weighted by molar-refractivity contribution is -0.132. The predicted molar refractivity (Wildman–Crippen MR) is 57.8 cm³/mol. The lowest BCUT2D eigenvalue weighted by Crippen LogP contribution is -2.37. The van der Waals surface area contributed by atoms with Crippen LogP contribution in [0.2, 0.25) is 0 Å². The zero-order valence-corrected chi connectivity index (χ0v) is 9.33. The number of nitrogens with two attached hydrogens (primary N) is 1. The number of carbonyl (C=O) groups excluding carboxylic acids is 1. The molecule has 0 radical (unpaired) electrons. The van der Waals surface area contributed by atoms with Gasteiger partial charge in [0, 0.05) is 25.6 Å². The molecule has 2 atom stereocenters. The summed E-state index contributed by atoms with van der Waals surface area (Å²) in [5.74, 6) is 1.24. The van der Waals surface area contributed by atoms with Gasteiger partial charge in [0.15, 0.2) is 0 Å². The van der Waals surface area contributed by atoms with Gasteiger partial charge >= 0.3 is 0 Å². The van der Waals surface area contributed by atoms with Crippen molar-refractivity contribution < 1.29 is 4.79 Å². The van der Waals surface area contributed by atoms with Gasteiger partial charge < -0.3 is 10.6 Å². The summed E-state index contributed by atoms with van der Waals surface area (Å²) < 4.78 is 0. The van der Waals surface area contributed by atoms with E-state index in [1.165, 1.54) is 0 Å². The molecule has 0 saturated heterocycles. The average Bonchev–Trinajstić information content (AvgIpc) is 2.89. The first-order valence-corrected chi connectivity index (χ1v) is 5.69. The van der Waals surface area contributed by atoms with Crippen LogP contribution in [0.1, 0.15) is 33.1 Å². The molecule has 3 heteroatoms. The van der Waals surface area contributed by atoms with Crippen molar-refractivity contribution in [1.82, 2.24) is 4.90 Å². The molecule has 3 nitrogen and oxygen atoms in total. The molecular formula is C11H22N2O. The fourth-order valence-electron chi connectivity index (χ4n) is 1.74. The van der Waals surface area contributed by atoms with E-state index < -0.39 is 0 Å². The normalized spacial score (nSPS) is 24.8. The molecule has 0 bridgehead atoms. The number of unbranched alkanes of at least 4 members (excludes halogenated alkanes) is 1. The Morgan fingerprint density at radius 3 is 2.57 bits per heavy atom. The van der Waals surface area contributed by atoms with Crippen LogP contribution in [0.5, 0.6) is 0 Å². The first-order valence-electron chi connectivity index (χ1n) is 5.69. The van der Waals surface area contributed by atoms with Crippen LogP contribution >= 0.6 is 0 Å². The third kappa shape index (κ3) is 2.98. The van der Waals surface area contributed by atoms with Crippen LogP contribution in [0.3, 0.4) is 0 Å². The minimum Gasteiger partial charge on any atom is -0.341 e. The molecule has 1 fully saturated rings. The summed E-state index contributed by atoms with van der Waals surface area (Å²) >= 11 is 0. The van der Waals surface area contributed by atoms with Crippen LogP contribution in [0.25, 0.3) is 0 Å². The Balaban J connectivity index is 2.36. The second-order valence-corrected chi connectivity index (χ2v) is 4.29. The van der Waals surface area contributed by atoms with E-state index in [4.69, 9.17) is 5.73 Å². The van der Waals surface area contributed by atoms with Crippen molar-refractivity contribution in [3.63, 3.8) is 0 Å². The molecule has 2 unspecified atom stereocenters. The second-order valence-electron chi connectivity index (χ2n) is 4.29. The molecule has 1 aliphatic carbocycles. The highest BCUT2D eigenvalue weighted by Crippen LogP contribution is 2.39. The van der Waals surface area contributed by atoms with E-state index in [1.54, 1.807) is 0 Å².